The van der Waals surface area contributed by atoms with E-state index >= 15 is 0 Å². The van der Waals surface area contributed by atoms with E-state index in [1.807, 2.05) is 62.3 Å². The molecule has 0 rings (SSSR count). The van der Waals surface area contributed by atoms with Crippen LogP contribution < -0.4 is 37.6 Å². The number of hydrogen-bond acceptors (Lipinski definition) is 13. The summed E-state index contributed by atoms with van der Waals surface area (Å²) < 4.78 is 31.9. The third-order valence-corrected chi connectivity index (χ3v) is 9.28. The molecule has 0 aromatic rings. The van der Waals surface area contributed by atoms with Gasteiger partial charge in [0.05, 0.1) is 19.8 Å². The van der Waals surface area contributed by atoms with Crippen LogP contribution in [-0.2, 0) is 28.4 Å². The van der Waals surface area contributed by atoms with E-state index in [1.165, 1.54) is 0 Å². The van der Waals surface area contributed by atoms with Crippen molar-refractivity contribution in [3.05, 3.63) is 0 Å². The standard InChI is InChI=1S/C46H89N7O12/c1-43(2,3)63-40(57)51-31-19-13-10-16-28-48-37(54)60-34-22-25-46(47,26-23-35-61-38(55)49-29-17-11-14-20-32-52-41(58)64-44(4,5)6)27-24-36-62-39(56)50-30-18-12-15-21-33-53-42(59)65-45(7,8)9/h10-36,47H2,1-9H3,(H,48,54)(H,49,55)(H,50,56)(H,51,57)(H,52,58)(H,53,59). The molecule has 380 valence electrons. The van der Waals surface area contributed by atoms with Crippen LogP contribution in [0.2, 0.25) is 0 Å². The molecule has 0 aliphatic heterocycles. The van der Waals surface area contributed by atoms with Gasteiger partial charge in [-0.05, 0) is 139 Å². The topological polar surface area (TPSA) is 256 Å². The number of nitrogens with two attached hydrogens (primary N) is 1. The third-order valence-electron chi connectivity index (χ3n) is 9.28. The molecule has 0 unspecified atom stereocenters. The van der Waals surface area contributed by atoms with E-state index in [0.717, 1.165) is 77.0 Å². The predicted molar refractivity (Wildman–Crippen MR) is 251 cm³/mol. The van der Waals surface area contributed by atoms with Gasteiger partial charge in [0.1, 0.15) is 16.8 Å². The van der Waals surface area contributed by atoms with Gasteiger partial charge < -0.3 is 66.1 Å². The molecule has 0 heterocycles. The van der Waals surface area contributed by atoms with Crippen LogP contribution in [0.1, 0.15) is 178 Å². The summed E-state index contributed by atoms with van der Waals surface area (Å²) in [5.74, 6) is 0. The van der Waals surface area contributed by atoms with Gasteiger partial charge in [-0.25, -0.2) is 28.8 Å². The molecule has 8 N–H and O–H groups in total. The van der Waals surface area contributed by atoms with Crippen molar-refractivity contribution in [2.24, 2.45) is 5.73 Å². The number of alkyl carbamates (subject to hydrolysis) is 6. The first-order chi connectivity index (χ1) is 30.5. The molecule has 0 aromatic carbocycles. The van der Waals surface area contributed by atoms with Gasteiger partial charge in [0.2, 0.25) is 0 Å². The molecule has 0 fully saturated rings. The molecule has 0 aromatic heterocycles. The zero-order chi connectivity index (χ0) is 49.0. The first kappa shape index (κ1) is 60.6. The Labute approximate surface area is 389 Å². The second-order valence-corrected chi connectivity index (χ2v) is 19.4. The molecule has 0 aliphatic carbocycles. The number of amides is 6. The van der Waals surface area contributed by atoms with Crippen molar-refractivity contribution >= 4 is 36.6 Å². The molecule has 0 bridgehead atoms. The van der Waals surface area contributed by atoms with Crippen molar-refractivity contribution in [2.75, 3.05) is 59.1 Å². The van der Waals surface area contributed by atoms with Gasteiger partial charge in [-0.1, -0.05) is 38.5 Å². The SMILES string of the molecule is CC(C)(C)OC(=O)NCCCCCCNC(=O)OCCCC(N)(CCCOC(=O)NCCCCCCNC(=O)OC(C)(C)C)CCCOC(=O)NCCCCCCNC(=O)OC(C)(C)C. The summed E-state index contributed by atoms with van der Waals surface area (Å²) in [5, 5.41) is 16.5. The van der Waals surface area contributed by atoms with E-state index in [0.29, 0.717) is 77.8 Å². The van der Waals surface area contributed by atoms with Crippen LogP contribution >= 0.6 is 0 Å². The summed E-state index contributed by atoms with van der Waals surface area (Å²) in [4.78, 5) is 72.1. The van der Waals surface area contributed by atoms with Crippen molar-refractivity contribution in [1.29, 1.82) is 0 Å². The highest BCUT2D eigenvalue weighted by Gasteiger charge is 2.25. The normalized spacial score (nSPS) is 11.7. The number of hydrogen-bond donors (Lipinski definition) is 7. The van der Waals surface area contributed by atoms with E-state index in [9.17, 15) is 28.8 Å². The molecule has 0 spiro atoms. The minimum atomic E-state index is -0.672. The Morgan fingerprint density at radius 3 is 0.723 bits per heavy atom. The maximum absolute atomic E-state index is 12.3. The van der Waals surface area contributed by atoms with Gasteiger partial charge in [0, 0.05) is 44.8 Å². The molecule has 0 atom stereocenters. The van der Waals surface area contributed by atoms with Gasteiger partial charge in [0.15, 0.2) is 0 Å². The summed E-state index contributed by atoms with van der Waals surface area (Å²) >= 11 is 0. The maximum Gasteiger partial charge on any atom is 0.407 e. The van der Waals surface area contributed by atoms with Crippen LogP contribution in [0.3, 0.4) is 0 Å². The Hall–Kier alpha value is -4.42. The van der Waals surface area contributed by atoms with Crippen LogP contribution in [0, 0.1) is 0 Å². The molecule has 65 heavy (non-hydrogen) atoms. The number of nitrogens with one attached hydrogen (secondary N) is 6. The zero-order valence-electron chi connectivity index (χ0n) is 41.6. The van der Waals surface area contributed by atoms with Gasteiger partial charge in [-0.15, -0.1) is 0 Å². The zero-order valence-corrected chi connectivity index (χ0v) is 41.6. The first-order valence-corrected chi connectivity index (χ1v) is 23.9. The van der Waals surface area contributed by atoms with Gasteiger partial charge >= 0.3 is 36.6 Å². The lowest BCUT2D eigenvalue weighted by Gasteiger charge is -2.30. The Morgan fingerprint density at radius 1 is 0.323 bits per heavy atom. The molecule has 6 amide bonds. The average Bonchev–Trinajstić information content (AvgIpc) is 3.18. The monoisotopic (exact) mass is 932 g/mol. The second-order valence-electron chi connectivity index (χ2n) is 19.4. The van der Waals surface area contributed by atoms with Crippen LogP contribution in [0.5, 0.6) is 0 Å². The highest BCUT2D eigenvalue weighted by molar-refractivity contribution is 5.69. The summed E-state index contributed by atoms with van der Waals surface area (Å²) in [7, 11) is 0. The third kappa shape index (κ3) is 43.3. The van der Waals surface area contributed by atoms with Crippen LogP contribution in [-0.4, -0.2) is 118 Å². The van der Waals surface area contributed by atoms with Crippen molar-refractivity contribution in [3.63, 3.8) is 0 Å². The Morgan fingerprint density at radius 2 is 0.523 bits per heavy atom. The number of ether oxygens (including phenoxy) is 6. The Balaban J connectivity index is 4.56. The summed E-state index contributed by atoms with van der Waals surface area (Å²) in [6, 6.07) is 0. The smallest absolute Gasteiger partial charge is 0.407 e. The van der Waals surface area contributed by atoms with Crippen molar-refractivity contribution < 1.29 is 57.2 Å². The lowest BCUT2D eigenvalue weighted by molar-refractivity contribution is 0.0515. The lowest BCUT2D eigenvalue weighted by atomic mass is 9.85. The maximum atomic E-state index is 12.3. The van der Waals surface area contributed by atoms with Gasteiger partial charge in [0.25, 0.3) is 0 Å². The average molecular weight is 932 g/mol. The van der Waals surface area contributed by atoms with E-state index < -0.39 is 58.9 Å². The van der Waals surface area contributed by atoms with E-state index in [4.69, 9.17) is 34.2 Å². The Kier molecular flexibility index (Phi) is 32.5. The fourth-order valence-corrected chi connectivity index (χ4v) is 6.19. The quantitative estimate of drug-likeness (QED) is 0.0241. The Bertz CT molecular complexity index is 1180. The fraction of sp³-hybridized carbons (Fsp3) is 0.870. The predicted octanol–water partition coefficient (Wildman–Crippen LogP) is 8.46. The van der Waals surface area contributed by atoms with Gasteiger partial charge in [-0.2, -0.15) is 0 Å². The van der Waals surface area contributed by atoms with E-state index in [2.05, 4.69) is 31.9 Å². The molecular weight excluding hydrogens is 843 g/mol. The van der Waals surface area contributed by atoms with E-state index in [1.54, 1.807) is 0 Å². The minimum absolute atomic E-state index is 0.180. The largest absolute Gasteiger partial charge is 0.450 e. The lowest BCUT2D eigenvalue weighted by Crippen LogP contribution is -2.41. The molecule has 0 aliphatic rings. The molecule has 0 saturated carbocycles. The van der Waals surface area contributed by atoms with Crippen molar-refractivity contribution in [2.45, 2.75) is 200 Å². The molecule has 0 saturated heterocycles. The number of carbonyl (C=O) groups is 6. The highest BCUT2D eigenvalue weighted by atomic mass is 16.6. The number of unbranched alkanes of at least 4 members (excludes halogenated alkanes) is 9. The molecule has 19 heteroatoms. The van der Waals surface area contributed by atoms with E-state index in [-0.39, 0.29) is 19.8 Å². The summed E-state index contributed by atoms with van der Waals surface area (Å²) in [5.41, 5.74) is 4.59. The first-order valence-electron chi connectivity index (χ1n) is 23.9. The molecule has 19 nitrogen and oxygen atoms in total. The summed E-state index contributed by atoms with van der Waals surface area (Å²) in [6.45, 7) is 19.9. The minimum Gasteiger partial charge on any atom is -0.450 e. The second kappa shape index (κ2) is 34.9. The summed E-state index contributed by atoms with van der Waals surface area (Å²) in [6.07, 6.45) is 10.5. The number of carbonyl (C=O) groups excluding carboxylic acids is 6. The number of rotatable bonds is 33. The van der Waals surface area contributed by atoms with Crippen LogP contribution in [0.15, 0.2) is 0 Å². The van der Waals surface area contributed by atoms with Crippen molar-refractivity contribution in [3.8, 4) is 0 Å². The van der Waals surface area contributed by atoms with Crippen LogP contribution in [0.25, 0.3) is 0 Å². The van der Waals surface area contributed by atoms with Crippen LogP contribution in [0.4, 0.5) is 28.8 Å². The fourth-order valence-electron chi connectivity index (χ4n) is 6.19. The van der Waals surface area contributed by atoms with Gasteiger partial charge in [-0.3, -0.25) is 0 Å². The molecule has 0 radical (unpaired) electrons. The van der Waals surface area contributed by atoms with Crippen molar-refractivity contribution in [1.82, 2.24) is 31.9 Å². The molecular formula is C46H89N7O12. The highest BCUT2D eigenvalue weighted by Crippen LogP contribution is 2.23.